The number of anilines is 1. The normalized spacial score (nSPS) is 15.7. The van der Waals surface area contributed by atoms with E-state index in [0.29, 0.717) is 17.9 Å². The Morgan fingerprint density at radius 1 is 0.967 bits per heavy atom. The Labute approximate surface area is 176 Å². The van der Waals surface area contributed by atoms with Gasteiger partial charge in [0.2, 0.25) is 0 Å². The average Bonchev–Trinajstić information content (AvgIpc) is 2.89. The topological polar surface area (TPSA) is 58.6 Å². The molecule has 0 spiro atoms. The summed E-state index contributed by atoms with van der Waals surface area (Å²) in [5.74, 6) is 0.0782. The summed E-state index contributed by atoms with van der Waals surface area (Å²) in [5, 5.41) is 3.06. The average molecular weight is 400 g/mol. The van der Waals surface area contributed by atoms with Crippen molar-refractivity contribution in [2.75, 3.05) is 11.9 Å². The van der Waals surface area contributed by atoms with Crippen LogP contribution in [0, 0.1) is 13.8 Å². The minimum absolute atomic E-state index is 0.100. The molecule has 0 aromatic heterocycles. The maximum absolute atomic E-state index is 13.6. The number of benzene rings is 3. The summed E-state index contributed by atoms with van der Waals surface area (Å²) in [7, 11) is 0. The number of hydrogen-bond donors (Lipinski definition) is 1. The van der Waals surface area contributed by atoms with Crippen LogP contribution < -0.4 is 10.1 Å². The van der Waals surface area contributed by atoms with Crippen molar-refractivity contribution in [2.45, 2.75) is 26.4 Å². The van der Waals surface area contributed by atoms with Crippen LogP contribution in [0.1, 0.15) is 28.3 Å². The number of amides is 2. The summed E-state index contributed by atoms with van der Waals surface area (Å²) in [6.45, 7) is 4.14. The Kier molecular flexibility index (Phi) is 5.53. The number of fused-ring (bicyclic) bond motifs is 1. The number of aryl methyl sites for hydroxylation is 2. The zero-order valence-corrected chi connectivity index (χ0v) is 17.1. The van der Waals surface area contributed by atoms with E-state index in [-0.39, 0.29) is 18.4 Å². The molecule has 2 amide bonds. The SMILES string of the molecule is Cc1cccc(C)c1NC(=O)C1c2ccccc2OCC(=O)N1Cc1ccccc1. The van der Waals surface area contributed by atoms with Gasteiger partial charge in [0.15, 0.2) is 6.61 Å². The molecule has 1 aliphatic heterocycles. The van der Waals surface area contributed by atoms with Crippen LogP contribution in [-0.2, 0) is 16.1 Å². The standard InChI is InChI=1S/C25H24N2O3/c1-17-9-8-10-18(2)23(17)26-25(29)24-20-13-6-7-14-21(20)30-16-22(28)27(24)15-19-11-4-3-5-12-19/h3-14,24H,15-16H2,1-2H3,(H,26,29). The van der Waals surface area contributed by atoms with Crippen LogP contribution in [-0.4, -0.2) is 23.3 Å². The van der Waals surface area contributed by atoms with Gasteiger partial charge in [-0.1, -0.05) is 66.7 Å². The highest BCUT2D eigenvalue weighted by Gasteiger charge is 2.36. The molecular formula is C25H24N2O3. The molecule has 1 N–H and O–H groups in total. The zero-order valence-electron chi connectivity index (χ0n) is 17.1. The molecule has 5 nitrogen and oxygen atoms in total. The van der Waals surface area contributed by atoms with Crippen molar-refractivity contribution < 1.29 is 14.3 Å². The van der Waals surface area contributed by atoms with Crippen molar-refractivity contribution in [2.24, 2.45) is 0 Å². The fraction of sp³-hybridized carbons (Fsp3) is 0.200. The predicted octanol–water partition coefficient (Wildman–Crippen LogP) is 4.40. The molecule has 0 saturated heterocycles. The van der Waals surface area contributed by atoms with Gasteiger partial charge in [0.25, 0.3) is 11.8 Å². The third kappa shape index (κ3) is 3.92. The molecule has 5 heteroatoms. The second-order valence-corrected chi connectivity index (χ2v) is 7.49. The van der Waals surface area contributed by atoms with Gasteiger partial charge in [-0.15, -0.1) is 0 Å². The third-order valence-electron chi connectivity index (χ3n) is 5.37. The minimum Gasteiger partial charge on any atom is -0.483 e. The number of nitrogens with zero attached hydrogens (tertiary/aromatic N) is 1. The van der Waals surface area contributed by atoms with Gasteiger partial charge in [-0.05, 0) is 36.6 Å². The second kappa shape index (κ2) is 8.41. The Morgan fingerprint density at radius 2 is 1.63 bits per heavy atom. The van der Waals surface area contributed by atoms with Crippen LogP contribution in [0.5, 0.6) is 5.75 Å². The van der Waals surface area contributed by atoms with Crippen LogP contribution in [0.25, 0.3) is 0 Å². The molecule has 0 aliphatic carbocycles. The van der Waals surface area contributed by atoms with E-state index in [1.807, 2.05) is 80.6 Å². The van der Waals surface area contributed by atoms with Gasteiger partial charge in [-0.2, -0.15) is 0 Å². The Morgan fingerprint density at radius 3 is 2.37 bits per heavy atom. The highest BCUT2D eigenvalue weighted by Crippen LogP contribution is 2.35. The maximum Gasteiger partial charge on any atom is 0.261 e. The van der Waals surface area contributed by atoms with Crippen LogP contribution in [0.4, 0.5) is 5.69 Å². The molecule has 0 bridgehead atoms. The molecule has 1 unspecified atom stereocenters. The van der Waals surface area contributed by atoms with E-state index >= 15 is 0 Å². The molecule has 0 saturated carbocycles. The first-order valence-electron chi connectivity index (χ1n) is 9.97. The van der Waals surface area contributed by atoms with Crippen LogP contribution in [0.3, 0.4) is 0 Å². The molecule has 3 aromatic rings. The number of ether oxygens (including phenoxy) is 1. The molecule has 30 heavy (non-hydrogen) atoms. The summed E-state index contributed by atoms with van der Waals surface area (Å²) < 4.78 is 5.74. The number of rotatable bonds is 4. The molecule has 4 rings (SSSR count). The zero-order chi connectivity index (χ0) is 21.1. The van der Waals surface area contributed by atoms with E-state index in [0.717, 1.165) is 22.4 Å². The van der Waals surface area contributed by atoms with Crippen molar-refractivity contribution in [1.82, 2.24) is 4.90 Å². The first-order chi connectivity index (χ1) is 14.5. The van der Waals surface area contributed by atoms with Crippen molar-refractivity contribution in [3.8, 4) is 5.75 Å². The Hall–Kier alpha value is -3.60. The molecule has 3 aromatic carbocycles. The Bertz CT molecular complexity index is 1060. The number of para-hydroxylation sites is 2. The quantitative estimate of drug-likeness (QED) is 0.706. The predicted molar refractivity (Wildman–Crippen MR) is 116 cm³/mol. The van der Waals surface area contributed by atoms with Gasteiger partial charge in [0, 0.05) is 17.8 Å². The summed E-state index contributed by atoms with van der Waals surface area (Å²) in [6, 6.07) is 22.1. The molecule has 0 radical (unpaired) electrons. The molecule has 0 fully saturated rings. The lowest BCUT2D eigenvalue weighted by Crippen LogP contribution is -2.41. The third-order valence-corrected chi connectivity index (χ3v) is 5.37. The van der Waals surface area contributed by atoms with E-state index in [2.05, 4.69) is 5.32 Å². The lowest BCUT2D eigenvalue weighted by molar-refractivity contribution is -0.140. The van der Waals surface area contributed by atoms with E-state index < -0.39 is 6.04 Å². The summed E-state index contributed by atoms with van der Waals surface area (Å²) >= 11 is 0. The fourth-order valence-corrected chi connectivity index (χ4v) is 3.82. The van der Waals surface area contributed by atoms with E-state index in [1.165, 1.54) is 0 Å². The van der Waals surface area contributed by atoms with Gasteiger partial charge in [-0.25, -0.2) is 0 Å². The first kappa shape index (κ1) is 19.7. The number of hydrogen-bond acceptors (Lipinski definition) is 3. The largest absolute Gasteiger partial charge is 0.483 e. The van der Waals surface area contributed by atoms with Crippen LogP contribution >= 0.6 is 0 Å². The van der Waals surface area contributed by atoms with Crippen LogP contribution in [0.15, 0.2) is 72.8 Å². The highest BCUT2D eigenvalue weighted by molar-refractivity contribution is 5.99. The molecule has 1 heterocycles. The van der Waals surface area contributed by atoms with E-state index in [1.54, 1.807) is 11.0 Å². The molecular weight excluding hydrogens is 376 g/mol. The number of carbonyl (C=O) groups excluding carboxylic acids is 2. The van der Waals surface area contributed by atoms with Gasteiger partial charge in [0.1, 0.15) is 11.8 Å². The number of carbonyl (C=O) groups is 2. The van der Waals surface area contributed by atoms with Gasteiger partial charge < -0.3 is 15.0 Å². The monoisotopic (exact) mass is 400 g/mol. The minimum atomic E-state index is -0.796. The van der Waals surface area contributed by atoms with Crippen molar-refractivity contribution in [3.63, 3.8) is 0 Å². The van der Waals surface area contributed by atoms with Gasteiger partial charge in [0.05, 0.1) is 0 Å². The summed E-state index contributed by atoms with van der Waals surface area (Å²) in [5.41, 5.74) is 4.36. The van der Waals surface area contributed by atoms with Crippen LogP contribution in [0.2, 0.25) is 0 Å². The molecule has 152 valence electrons. The Balaban J connectivity index is 1.75. The van der Waals surface area contributed by atoms with E-state index in [9.17, 15) is 9.59 Å². The maximum atomic E-state index is 13.6. The van der Waals surface area contributed by atoms with Gasteiger partial charge >= 0.3 is 0 Å². The highest BCUT2D eigenvalue weighted by atomic mass is 16.5. The lowest BCUT2D eigenvalue weighted by atomic mass is 10.0. The second-order valence-electron chi connectivity index (χ2n) is 7.49. The summed E-state index contributed by atoms with van der Waals surface area (Å²) in [4.78, 5) is 28.2. The van der Waals surface area contributed by atoms with Crippen molar-refractivity contribution in [1.29, 1.82) is 0 Å². The fourth-order valence-electron chi connectivity index (χ4n) is 3.82. The molecule has 1 aliphatic rings. The molecule has 1 atom stereocenters. The first-order valence-corrected chi connectivity index (χ1v) is 9.97. The number of nitrogens with one attached hydrogen (secondary N) is 1. The van der Waals surface area contributed by atoms with Crippen molar-refractivity contribution in [3.05, 3.63) is 95.1 Å². The smallest absolute Gasteiger partial charge is 0.261 e. The van der Waals surface area contributed by atoms with E-state index in [4.69, 9.17) is 4.74 Å². The van der Waals surface area contributed by atoms with Crippen molar-refractivity contribution >= 4 is 17.5 Å². The lowest BCUT2D eigenvalue weighted by Gasteiger charge is -2.30. The van der Waals surface area contributed by atoms with Gasteiger partial charge in [-0.3, -0.25) is 9.59 Å². The summed E-state index contributed by atoms with van der Waals surface area (Å²) in [6.07, 6.45) is 0.